The number of para-hydroxylation sites is 1. The molecule has 6 aliphatic rings. The molecule has 440 valence electrons. The Morgan fingerprint density at radius 3 is 1.49 bits per heavy atom. The van der Waals surface area contributed by atoms with Crippen LogP contribution in [-0.4, -0.2) is 44.0 Å². The van der Waals surface area contributed by atoms with Gasteiger partial charge in [-0.05, 0) is 138 Å². The van der Waals surface area contributed by atoms with E-state index in [4.69, 9.17) is 14.2 Å². The fourth-order valence-corrected chi connectivity index (χ4v) is 13.3. The fourth-order valence-electron chi connectivity index (χ4n) is 13.3. The van der Waals surface area contributed by atoms with Crippen LogP contribution in [0, 0.1) is 67.5 Å². The summed E-state index contributed by atoms with van der Waals surface area (Å²) < 4.78 is 16.1. The molecule has 5 fully saturated rings. The third-order valence-corrected chi connectivity index (χ3v) is 18.5. The molecule has 2 amide bonds. The molecule has 4 saturated carbocycles. The summed E-state index contributed by atoms with van der Waals surface area (Å²) in [7, 11) is 1.67. The summed E-state index contributed by atoms with van der Waals surface area (Å²) in [6.45, 7) is 5.54. The molecule has 0 bridgehead atoms. The van der Waals surface area contributed by atoms with E-state index in [2.05, 4.69) is 84.2 Å². The molecule has 84 heavy (non-hydrogen) atoms. The molecule has 2 heterocycles. The number of carbonyl (C=O) groups is 1. The molecule has 0 unspecified atom stereocenters. The van der Waals surface area contributed by atoms with Gasteiger partial charge in [-0.2, -0.15) is 26.3 Å². The molecule has 11 heteroatoms. The van der Waals surface area contributed by atoms with Gasteiger partial charge in [0.25, 0.3) is 0 Å². The van der Waals surface area contributed by atoms with E-state index in [1.807, 2.05) is 104 Å². The zero-order valence-electron chi connectivity index (χ0n) is 50.4. The Kier molecular flexibility index (Phi) is 24.1. The number of amides is 2. The largest absolute Gasteiger partial charge is 0.496 e. The smallest absolute Gasteiger partial charge is 0.317 e. The van der Waals surface area contributed by atoms with Crippen LogP contribution in [0.2, 0.25) is 0 Å². The Labute approximate surface area is 502 Å². The standard InChI is InChI=1S/C18H25N3O.C14H15NO2.C14H17NO.C14H17N.C13H15N/c1-15(2)20-17(22)21-12-10-18(14-19,11-13-21)9-8-16-6-4-3-5-7-16;15-9-14(6-2-1-3-7-14)11-4-5-12-13(8-11)17-10-16-12;1-16-13-8-4-3-7-12(13)14(11-15)9-5-2-6-10-14;15-12-14(9-5-2-6-10-14)11-13-7-3-1-4-8-13;14-11-13(9-5-2-6-10-13)12-7-3-1-4-8-12/h3-7,15H,8-13H2,1-2H3,(H,20,22);4-5,8H,1-3,6-7,10H2;3-4,7-8H,2,5-6,9-10H2,1H3;1,3-4,7-8H,2,5-6,9-11H2;1,3-4,7-8H,2,5-6,9-10H2. The van der Waals surface area contributed by atoms with E-state index in [0.29, 0.717) is 19.9 Å². The third-order valence-electron chi connectivity index (χ3n) is 18.5. The second-order valence-electron chi connectivity index (χ2n) is 24.5. The highest BCUT2D eigenvalue weighted by Gasteiger charge is 2.39. The molecule has 0 aromatic heterocycles. The van der Waals surface area contributed by atoms with Crippen molar-refractivity contribution in [2.75, 3.05) is 27.0 Å². The zero-order chi connectivity index (χ0) is 59.6. The highest BCUT2D eigenvalue weighted by atomic mass is 16.7. The lowest BCUT2D eigenvalue weighted by molar-refractivity contribution is 0.142. The van der Waals surface area contributed by atoms with Crippen LogP contribution in [0.1, 0.15) is 189 Å². The summed E-state index contributed by atoms with van der Waals surface area (Å²) in [5, 5.41) is 50.3. The number of nitriles is 5. The molecular weight excluding hydrogens is 1040 g/mol. The van der Waals surface area contributed by atoms with E-state index < -0.39 is 0 Å². The number of rotatable bonds is 10. The van der Waals surface area contributed by atoms with Gasteiger partial charge in [-0.3, -0.25) is 0 Å². The molecule has 11 rings (SSSR count). The summed E-state index contributed by atoms with van der Waals surface area (Å²) in [5.74, 6) is 2.42. The highest BCUT2D eigenvalue weighted by molar-refractivity contribution is 5.74. The van der Waals surface area contributed by atoms with Crippen molar-refractivity contribution in [2.45, 2.75) is 197 Å². The summed E-state index contributed by atoms with van der Waals surface area (Å²) in [6.07, 6.45) is 26.8. The normalized spacial score (nSPS) is 19.1. The minimum Gasteiger partial charge on any atom is -0.496 e. The molecule has 2 aliphatic heterocycles. The van der Waals surface area contributed by atoms with E-state index in [-0.39, 0.29) is 39.1 Å². The van der Waals surface area contributed by atoms with Crippen LogP contribution in [0.5, 0.6) is 17.2 Å². The fraction of sp³-hybridized carbons (Fsp3) is 0.507. The van der Waals surface area contributed by atoms with Crippen LogP contribution in [0.3, 0.4) is 0 Å². The minimum atomic E-state index is -0.315. The number of ether oxygens (including phenoxy) is 3. The molecule has 4 aliphatic carbocycles. The Hall–Kier alpha value is -7.78. The molecule has 0 atom stereocenters. The van der Waals surface area contributed by atoms with Gasteiger partial charge >= 0.3 is 6.03 Å². The second kappa shape index (κ2) is 31.8. The average molecular weight is 1130 g/mol. The Morgan fingerprint density at radius 1 is 0.512 bits per heavy atom. The van der Waals surface area contributed by atoms with E-state index in [9.17, 15) is 31.1 Å². The Balaban J connectivity index is 0.000000152. The number of nitrogens with one attached hydrogen (secondary N) is 1. The molecule has 1 saturated heterocycles. The van der Waals surface area contributed by atoms with Crippen molar-refractivity contribution in [1.82, 2.24) is 10.2 Å². The minimum absolute atomic E-state index is 0.00963. The van der Waals surface area contributed by atoms with E-state index >= 15 is 0 Å². The van der Waals surface area contributed by atoms with Crippen molar-refractivity contribution >= 4 is 6.03 Å². The number of hydrogen-bond donors (Lipinski definition) is 1. The van der Waals surface area contributed by atoms with Crippen LogP contribution in [0.15, 0.2) is 133 Å². The molecule has 0 spiro atoms. The highest BCUT2D eigenvalue weighted by Crippen LogP contribution is 2.45. The first-order valence-corrected chi connectivity index (χ1v) is 31.2. The number of piperidine rings is 1. The van der Waals surface area contributed by atoms with Crippen molar-refractivity contribution in [1.29, 1.82) is 26.3 Å². The lowest BCUT2D eigenvalue weighted by Crippen LogP contribution is -2.48. The van der Waals surface area contributed by atoms with Crippen molar-refractivity contribution in [3.63, 3.8) is 0 Å². The quantitative estimate of drug-likeness (QED) is 0.142. The number of likely N-dealkylation sites (tertiary alicyclic amines) is 1. The number of urea groups is 1. The SMILES string of the molecule is CC(C)NC(=O)N1CCC(C#N)(CCc2ccccc2)CC1.COc1ccccc1C1(C#N)CCCCC1.N#CC1(Cc2ccccc2)CCCCC1.N#CC1(c2ccc3c(c2)OCO3)CCCCC1.N#CC1(c2ccccc2)CCCCC1. The predicted octanol–water partition coefficient (Wildman–Crippen LogP) is 17.0. The topological polar surface area (TPSA) is 179 Å². The van der Waals surface area contributed by atoms with Gasteiger partial charge in [-0.15, -0.1) is 0 Å². The van der Waals surface area contributed by atoms with Crippen LogP contribution < -0.4 is 19.5 Å². The summed E-state index contributed by atoms with van der Waals surface area (Å²) in [5.41, 5.74) is 4.79. The summed E-state index contributed by atoms with van der Waals surface area (Å²) >= 11 is 0. The van der Waals surface area contributed by atoms with Crippen LogP contribution >= 0.6 is 0 Å². The predicted molar refractivity (Wildman–Crippen MR) is 332 cm³/mol. The van der Waals surface area contributed by atoms with E-state index in [0.717, 1.165) is 138 Å². The lowest BCUT2D eigenvalue weighted by atomic mass is 9.70. The van der Waals surface area contributed by atoms with Gasteiger partial charge in [-0.1, -0.05) is 192 Å². The number of aryl methyl sites for hydroxylation is 1. The van der Waals surface area contributed by atoms with Gasteiger partial charge in [-0.25, -0.2) is 4.79 Å². The first-order chi connectivity index (χ1) is 40.9. The number of fused-ring (bicyclic) bond motifs is 1. The Morgan fingerprint density at radius 2 is 0.976 bits per heavy atom. The van der Waals surface area contributed by atoms with Crippen molar-refractivity contribution in [3.8, 4) is 47.6 Å². The van der Waals surface area contributed by atoms with Gasteiger partial charge in [0.15, 0.2) is 11.5 Å². The zero-order valence-corrected chi connectivity index (χ0v) is 50.4. The van der Waals surface area contributed by atoms with E-state index in [1.165, 1.54) is 68.1 Å². The van der Waals surface area contributed by atoms with Crippen molar-refractivity contribution in [3.05, 3.63) is 161 Å². The number of carbonyl (C=O) groups excluding carboxylic acids is 1. The number of methoxy groups -OCH3 is 1. The molecular formula is C73H89N7O4. The molecule has 5 aromatic carbocycles. The van der Waals surface area contributed by atoms with E-state index in [1.54, 1.807) is 7.11 Å². The molecule has 11 nitrogen and oxygen atoms in total. The summed E-state index contributed by atoms with van der Waals surface area (Å²) in [4.78, 5) is 13.9. The maximum atomic E-state index is 12.0. The third kappa shape index (κ3) is 17.2. The van der Waals surface area contributed by atoms with Gasteiger partial charge in [0.05, 0.1) is 64.5 Å². The monoisotopic (exact) mass is 1130 g/mol. The van der Waals surface area contributed by atoms with Gasteiger partial charge in [0, 0.05) is 24.7 Å². The number of benzene rings is 5. The second-order valence-corrected chi connectivity index (χ2v) is 24.5. The van der Waals surface area contributed by atoms with Crippen molar-refractivity contribution in [2.24, 2.45) is 10.8 Å². The Bertz CT molecular complexity index is 3020. The first kappa shape index (κ1) is 63.8. The van der Waals surface area contributed by atoms with Crippen LogP contribution in [0.4, 0.5) is 4.79 Å². The maximum absolute atomic E-state index is 12.0. The first-order valence-electron chi connectivity index (χ1n) is 31.2. The van der Waals surface area contributed by atoms with Crippen LogP contribution in [0.25, 0.3) is 0 Å². The van der Waals surface area contributed by atoms with Crippen molar-refractivity contribution < 1.29 is 19.0 Å². The maximum Gasteiger partial charge on any atom is 0.317 e. The molecule has 1 N–H and O–H groups in total. The number of hydrogen-bond acceptors (Lipinski definition) is 9. The number of nitrogens with zero attached hydrogens (tertiary/aromatic N) is 6. The van der Waals surface area contributed by atoms with Gasteiger partial charge in [0.2, 0.25) is 6.79 Å². The molecule has 0 radical (unpaired) electrons. The average Bonchev–Trinajstić information content (AvgIpc) is 3.67. The van der Waals surface area contributed by atoms with Gasteiger partial charge < -0.3 is 24.4 Å². The summed E-state index contributed by atoms with van der Waals surface area (Å²) in [6, 6.07) is 57.6. The van der Waals surface area contributed by atoms with Crippen LogP contribution in [-0.2, 0) is 29.1 Å². The molecule has 5 aromatic rings. The van der Waals surface area contributed by atoms with Gasteiger partial charge in [0.1, 0.15) is 5.75 Å². The lowest BCUT2D eigenvalue weighted by Gasteiger charge is -2.37.